The third-order valence-electron chi connectivity index (χ3n) is 0.745. The van der Waals surface area contributed by atoms with E-state index in [9.17, 15) is 9.59 Å². The summed E-state index contributed by atoms with van der Waals surface area (Å²) in [6, 6.07) is 0. The molecule has 0 heterocycles. The number of ether oxygens (including phenoxy) is 2. The second-order valence-electron chi connectivity index (χ2n) is 1.44. The number of nitrogens with two attached hydrogens (primary N) is 1. The number of esters is 2. The Kier molecular flexibility index (Phi) is 4.23. The molecule has 0 aliphatic heterocycles. The van der Waals surface area contributed by atoms with Gasteiger partial charge in [0.1, 0.15) is 0 Å². The average molecular weight is 147 g/mol. The molecule has 0 saturated heterocycles. The second kappa shape index (κ2) is 4.75. The molecule has 5 heteroatoms. The first kappa shape index (κ1) is 8.90. The summed E-state index contributed by atoms with van der Waals surface area (Å²) in [6.45, 7) is -0.594. The van der Waals surface area contributed by atoms with Gasteiger partial charge in [0.2, 0.25) is 0 Å². The number of carbonyl (C=O) groups excluding carboxylic acids is 2. The van der Waals surface area contributed by atoms with Crippen LogP contribution in [0.4, 0.5) is 0 Å². The molecule has 5 nitrogen and oxygen atoms in total. The monoisotopic (exact) mass is 147 g/mol. The minimum Gasteiger partial charge on any atom is -0.466 e. The largest absolute Gasteiger partial charge is 0.466 e. The maximum atomic E-state index is 10.3. The zero-order valence-electron chi connectivity index (χ0n) is 5.62. The third kappa shape index (κ3) is 3.85. The fourth-order valence-corrected chi connectivity index (χ4v) is 0.257. The standard InChI is InChI=1S/C5H9NO4/c1-9-5(8)3-10-4(7)2-6/h2-3,6H2,1H3. The van der Waals surface area contributed by atoms with Crippen LogP contribution in [0.2, 0.25) is 0 Å². The van der Waals surface area contributed by atoms with Crippen molar-refractivity contribution in [3.63, 3.8) is 0 Å². The number of hydrogen-bond acceptors (Lipinski definition) is 5. The van der Waals surface area contributed by atoms with E-state index in [1.165, 1.54) is 7.11 Å². The molecule has 0 aromatic carbocycles. The molecule has 0 bridgehead atoms. The van der Waals surface area contributed by atoms with E-state index in [1.54, 1.807) is 0 Å². The van der Waals surface area contributed by atoms with E-state index in [0.717, 1.165) is 0 Å². The van der Waals surface area contributed by atoms with E-state index in [-0.39, 0.29) is 13.2 Å². The Balaban J connectivity index is 3.35. The maximum absolute atomic E-state index is 10.3. The second-order valence-corrected chi connectivity index (χ2v) is 1.44. The summed E-state index contributed by atoms with van der Waals surface area (Å²) >= 11 is 0. The van der Waals surface area contributed by atoms with Crippen LogP contribution >= 0.6 is 0 Å². The highest BCUT2D eigenvalue weighted by Gasteiger charge is 2.03. The molecule has 0 unspecified atom stereocenters. The summed E-state index contributed by atoms with van der Waals surface area (Å²) in [5.41, 5.74) is 4.87. The van der Waals surface area contributed by atoms with Gasteiger partial charge in [-0.05, 0) is 0 Å². The highest BCUT2D eigenvalue weighted by Crippen LogP contribution is 1.78. The Labute approximate surface area is 58.1 Å². The summed E-state index contributed by atoms with van der Waals surface area (Å²) in [4.78, 5) is 20.6. The summed E-state index contributed by atoms with van der Waals surface area (Å²) in [5, 5.41) is 0. The van der Waals surface area contributed by atoms with Crippen LogP contribution in [0, 0.1) is 0 Å². The normalized spacial score (nSPS) is 8.60. The molecule has 58 valence electrons. The first-order valence-corrected chi connectivity index (χ1v) is 2.63. The summed E-state index contributed by atoms with van der Waals surface area (Å²) in [7, 11) is 1.21. The molecular weight excluding hydrogens is 138 g/mol. The molecule has 0 fully saturated rings. The fourth-order valence-electron chi connectivity index (χ4n) is 0.257. The van der Waals surface area contributed by atoms with E-state index in [1.807, 2.05) is 0 Å². The van der Waals surface area contributed by atoms with E-state index in [2.05, 4.69) is 9.47 Å². The van der Waals surface area contributed by atoms with Crippen LogP contribution in [0.25, 0.3) is 0 Å². The van der Waals surface area contributed by atoms with Crippen LogP contribution in [-0.4, -0.2) is 32.2 Å². The molecule has 0 radical (unpaired) electrons. The van der Waals surface area contributed by atoms with Crippen molar-refractivity contribution >= 4 is 11.9 Å². The lowest BCUT2D eigenvalue weighted by Gasteiger charge is -1.99. The van der Waals surface area contributed by atoms with Crippen LogP contribution in [0.5, 0.6) is 0 Å². The lowest BCUT2D eigenvalue weighted by atomic mass is 10.6. The molecule has 0 saturated carbocycles. The molecular formula is C5H9NO4. The van der Waals surface area contributed by atoms with Crippen molar-refractivity contribution in [2.24, 2.45) is 5.73 Å². The van der Waals surface area contributed by atoms with E-state index < -0.39 is 11.9 Å². The van der Waals surface area contributed by atoms with Crippen molar-refractivity contribution in [3.05, 3.63) is 0 Å². The topological polar surface area (TPSA) is 78.6 Å². The van der Waals surface area contributed by atoms with Crippen LogP contribution < -0.4 is 5.73 Å². The molecule has 0 amide bonds. The molecule has 2 N–H and O–H groups in total. The Morgan fingerprint density at radius 1 is 1.40 bits per heavy atom. The molecule has 0 spiro atoms. The average Bonchev–Trinajstić information content (AvgIpc) is 1.99. The number of carbonyl (C=O) groups is 2. The van der Waals surface area contributed by atoms with E-state index in [4.69, 9.17) is 5.73 Å². The third-order valence-corrected chi connectivity index (χ3v) is 0.745. The SMILES string of the molecule is COC(=O)COC(=O)CN. The molecule has 0 aromatic rings. The summed E-state index contributed by atoms with van der Waals surface area (Å²) in [5.74, 6) is -1.22. The lowest BCUT2D eigenvalue weighted by molar-refractivity contribution is -0.156. The molecule has 0 atom stereocenters. The predicted molar refractivity (Wildman–Crippen MR) is 32.0 cm³/mol. The quantitative estimate of drug-likeness (QED) is 0.500. The predicted octanol–water partition coefficient (Wildman–Crippen LogP) is -1.34. The number of methoxy groups -OCH3 is 1. The van der Waals surface area contributed by atoms with Gasteiger partial charge in [-0.15, -0.1) is 0 Å². The van der Waals surface area contributed by atoms with Crippen LogP contribution in [0.15, 0.2) is 0 Å². The van der Waals surface area contributed by atoms with Gasteiger partial charge in [-0.25, -0.2) is 4.79 Å². The van der Waals surface area contributed by atoms with E-state index >= 15 is 0 Å². The molecule has 0 aromatic heterocycles. The minimum atomic E-state index is -0.620. The van der Waals surface area contributed by atoms with Gasteiger partial charge in [-0.3, -0.25) is 4.79 Å². The van der Waals surface area contributed by atoms with Crippen molar-refractivity contribution < 1.29 is 19.1 Å². The van der Waals surface area contributed by atoms with Gasteiger partial charge in [0.25, 0.3) is 0 Å². The summed E-state index contributed by atoms with van der Waals surface area (Å²) in [6.07, 6.45) is 0. The Bertz CT molecular complexity index is 118. The Morgan fingerprint density at radius 3 is 2.40 bits per heavy atom. The highest BCUT2D eigenvalue weighted by atomic mass is 16.6. The van der Waals surface area contributed by atoms with Crippen LogP contribution in [0.3, 0.4) is 0 Å². The maximum Gasteiger partial charge on any atom is 0.344 e. The van der Waals surface area contributed by atoms with Gasteiger partial charge in [-0.1, -0.05) is 0 Å². The first-order valence-electron chi connectivity index (χ1n) is 2.63. The highest BCUT2D eigenvalue weighted by molar-refractivity contribution is 5.77. The fraction of sp³-hybridized carbons (Fsp3) is 0.600. The first-order chi connectivity index (χ1) is 4.70. The zero-order valence-corrected chi connectivity index (χ0v) is 5.62. The van der Waals surface area contributed by atoms with Gasteiger partial charge in [-0.2, -0.15) is 0 Å². The summed E-state index contributed by atoms with van der Waals surface area (Å²) < 4.78 is 8.49. The Hall–Kier alpha value is -1.10. The van der Waals surface area contributed by atoms with Gasteiger partial charge < -0.3 is 15.2 Å². The van der Waals surface area contributed by atoms with Crippen molar-refractivity contribution in [1.29, 1.82) is 0 Å². The number of hydrogen-bond donors (Lipinski definition) is 1. The van der Waals surface area contributed by atoms with Crippen molar-refractivity contribution in [2.45, 2.75) is 0 Å². The molecule has 0 rings (SSSR count). The lowest BCUT2D eigenvalue weighted by Crippen LogP contribution is -2.21. The zero-order chi connectivity index (χ0) is 7.98. The van der Waals surface area contributed by atoms with Crippen molar-refractivity contribution in [3.8, 4) is 0 Å². The molecule has 0 aliphatic rings. The molecule has 0 aliphatic carbocycles. The van der Waals surface area contributed by atoms with Crippen molar-refractivity contribution in [2.75, 3.05) is 20.3 Å². The van der Waals surface area contributed by atoms with Crippen molar-refractivity contribution in [1.82, 2.24) is 0 Å². The van der Waals surface area contributed by atoms with Crippen LogP contribution in [0.1, 0.15) is 0 Å². The Morgan fingerprint density at radius 2 is 2.00 bits per heavy atom. The van der Waals surface area contributed by atoms with Gasteiger partial charge in [0.15, 0.2) is 6.61 Å². The minimum absolute atomic E-state index is 0.225. The van der Waals surface area contributed by atoms with E-state index in [0.29, 0.717) is 0 Å². The number of rotatable bonds is 3. The van der Waals surface area contributed by atoms with Crippen LogP contribution in [-0.2, 0) is 19.1 Å². The smallest absolute Gasteiger partial charge is 0.344 e. The molecule has 10 heavy (non-hydrogen) atoms. The van der Waals surface area contributed by atoms with Gasteiger partial charge in [0.05, 0.1) is 13.7 Å². The van der Waals surface area contributed by atoms with Gasteiger partial charge >= 0.3 is 11.9 Å². The van der Waals surface area contributed by atoms with Gasteiger partial charge in [0, 0.05) is 0 Å².